The van der Waals surface area contributed by atoms with Crippen LogP contribution in [0.2, 0.25) is 0 Å². The molecule has 0 aromatic heterocycles. The van der Waals surface area contributed by atoms with Crippen LogP contribution in [0.1, 0.15) is 11.1 Å². The largest absolute Gasteiger partial charge is 0.503 e. The van der Waals surface area contributed by atoms with Crippen molar-refractivity contribution in [3.8, 4) is 0 Å². The number of hydrogen-bond acceptors (Lipinski definition) is 4. The monoisotopic (exact) mass is 320 g/mol. The molecule has 0 unspecified atom stereocenters. The van der Waals surface area contributed by atoms with Gasteiger partial charge in [0.2, 0.25) is 0 Å². The summed E-state index contributed by atoms with van der Waals surface area (Å²) in [5.41, 5.74) is 0.299. The smallest absolute Gasteiger partial charge is 0.460 e. The third-order valence-corrected chi connectivity index (χ3v) is 3.31. The molecule has 0 spiro atoms. The van der Waals surface area contributed by atoms with Crippen LogP contribution in [0.15, 0.2) is 30.5 Å². The first-order valence-corrected chi connectivity index (χ1v) is 6.54. The van der Waals surface area contributed by atoms with Gasteiger partial charge < -0.3 is 9.84 Å². The highest BCUT2D eigenvalue weighted by molar-refractivity contribution is 8.13. The lowest BCUT2D eigenvalue weighted by Gasteiger charge is -2.10. The Balaban J connectivity index is 3.02. The molecule has 0 aliphatic rings. The van der Waals surface area contributed by atoms with E-state index in [9.17, 15) is 22.8 Å². The molecule has 1 aromatic carbocycles. The lowest BCUT2D eigenvalue weighted by molar-refractivity contribution is -0.160. The van der Waals surface area contributed by atoms with Crippen molar-refractivity contribution in [2.45, 2.75) is 11.9 Å². The van der Waals surface area contributed by atoms with Crippen molar-refractivity contribution in [1.82, 2.24) is 0 Å². The number of carbonyl (C=O) groups excluding carboxylic acids is 1. The second-order valence-electron chi connectivity index (χ2n) is 3.80. The van der Waals surface area contributed by atoms with Crippen molar-refractivity contribution in [2.24, 2.45) is 0 Å². The minimum atomic E-state index is -4.92. The average molecular weight is 320 g/mol. The molecule has 21 heavy (non-hydrogen) atoms. The number of carbonyl (C=O) groups is 2. The minimum Gasteiger partial charge on any atom is -0.503 e. The molecule has 0 bridgehead atoms. The van der Waals surface area contributed by atoms with Crippen LogP contribution in [0.25, 0.3) is 5.57 Å². The van der Waals surface area contributed by atoms with Crippen molar-refractivity contribution >= 4 is 28.4 Å². The Morgan fingerprint density at radius 3 is 2.48 bits per heavy atom. The minimum absolute atomic E-state index is 0.0730. The third kappa shape index (κ3) is 4.82. The van der Waals surface area contributed by atoms with Gasteiger partial charge in [-0.25, -0.2) is 4.79 Å². The van der Waals surface area contributed by atoms with E-state index in [1.54, 1.807) is 12.1 Å². The molecule has 1 aromatic rings. The van der Waals surface area contributed by atoms with Gasteiger partial charge in [0, 0.05) is 5.75 Å². The average Bonchev–Trinajstić information content (AvgIpc) is 2.41. The van der Waals surface area contributed by atoms with E-state index in [0.717, 1.165) is 6.26 Å². The molecule has 114 valence electrons. The van der Waals surface area contributed by atoms with Gasteiger partial charge in [0.25, 0.3) is 5.12 Å². The number of alkyl halides is 3. The number of aliphatic carboxylic acids is 1. The molecule has 0 radical (unpaired) electrons. The van der Waals surface area contributed by atoms with E-state index < -0.39 is 17.3 Å². The Labute approximate surface area is 122 Å². The first-order valence-electron chi connectivity index (χ1n) is 5.56. The molecule has 0 aliphatic carbocycles. The number of halogens is 3. The highest BCUT2D eigenvalue weighted by Crippen LogP contribution is 2.29. The molecule has 0 saturated carbocycles. The highest BCUT2D eigenvalue weighted by atomic mass is 32.2. The van der Waals surface area contributed by atoms with E-state index in [1.165, 1.54) is 19.2 Å². The van der Waals surface area contributed by atoms with E-state index in [1.807, 2.05) is 0 Å². The van der Waals surface area contributed by atoms with Crippen LogP contribution in [0.5, 0.6) is 0 Å². The Bertz CT molecular complexity index is 567. The number of methoxy groups -OCH3 is 1. The number of hydrogen-bond donors (Lipinski definition) is 1. The topological polar surface area (TPSA) is 63.6 Å². The van der Waals surface area contributed by atoms with Gasteiger partial charge >= 0.3 is 12.1 Å². The Hall–Kier alpha value is -1.96. The van der Waals surface area contributed by atoms with Gasteiger partial charge in [-0.1, -0.05) is 36.0 Å². The predicted octanol–water partition coefficient (Wildman–Crippen LogP) is 3.08. The van der Waals surface area contributed by atoms with Crippen LogP contribution in [-0.4, -0.2) is 29.5 Å². The summed E-state index contributed by atoms with van der Waals surface area (Å²) in [6, 6.07) is 5.98. The van der Waals surface area contributed by atoms with E-state index >= 15 is 0 Å². The van der Waals surface area contributed by atoms with Gasteiger partial charge in [0.1, 0.15) is 5.57 Å². The molecular formula is C13H11F3O4S. The number of carboxylic acids is 1. The molecule has 0 heterocycles. The summed E-state index contributed by atoms with van der Waals surface area (Å²) in [6.07, 6.45) is -3.94. The fourth-order valence-corrected chi connectivity index (χ4v) is 2.18. The molecule has 1 rings (SSSR count). The first kappa shape index (κ1) is 17.1. The zero-order valence-corrected chi connectivity index (χ0v) is 11.6. The summed E-state index contributed by atoms with van der Waals surface area (Å²) in [4.78, 5) is 22.0. The van der Waals surface area contributed by atoms with Crippen molar-refractivity contribution in [3.63, 3.8) is 0 Å². The SMILES string of the molecule is COC=C(C(=O)O)c1ccccc1CSC(=O)C(F)(F)F. The van der Waals surface area contributed by atoms with Crippen LogP contribution < -0.4 is 0 Å². The van der Waals surface area contributed by atoms with Crippen molar-refractivity contribution in [2.75, 3.05) is 7.11 Å². The van der Waals surface area contributed by atoms with Crippen LogP contribution in [0, 0.1) is 0 Å². The van der Waals surface area contributed by atoms with Gasteiger partial charge in [-0.15, -0.1) is 0 Å². The molecule has 8 heteroatoms. The maximum Gasteiger partial charge on any atom is 0.460 e. The normalized spacial score (nSPS) is 12.1. The summed E-state index contributed by atoms with van der Waals surface area (Å²) in [6.45, 7) is 0. The number of thioether (sulfide) groups is 1. The van der Waals surface area contributed by atoms with Crippen molar-refractivity contribution in [1.29, 1.82) is 0 Å². The molecule has 1 N–H and O–H groups in total. The second-order valence-corrected chi connectivity index (χ2v) is 4.75. The van der Waals surface area contributed by atoms with Gasteiger partial charge in [0.15, 0.2) is 0 Å². The van der Waals surface area contributed by atoms with Crippen LogP contribution in [0.3, 0.4) is 0 Å². The van der Waals surface area contributed by atoms with E-state index in [0.29, 0.717) is 5.56 Å². The molecule has 0 atom stereocenters. The van der Waals surface area contributed by atoms with Gasteiger partial charge in [-0.05, 0) is 11.1 Å². The quantitative estimate of drug-likeness (QED) is 0.667. The number of carboxylic acid groups (broad SMARTS) is 1. The van der Waals surface area contributed by atoms with Crippen LogP contribution >= 0.6 is 11.8 Å². The molecule has 0 aliphatic heterocycles. The number of rotatable bonds is 5. The summed E-state index contributed by atoms with van der Waals surface area (Å²) in [5, 5.41) is 7.16. The number of ether oxygens (including phenoxy) is 1. The predicted molar refractivity (Wildman–Crippen MR) is 71.4 cm³/mol. The van der Waals surface area contributed by atoms with Crippen molar-refractivity contribution in [3.05, 3.63) is 41.7 Å². The van der Waals surface area contributed by atoms with Crippen LogP contribution in [0.4, 0.5) is 13.2 Å². The van der Waals surface area contributed by atoms with Gasteiger partial charge in [0.05, 0.1) is 13.4 Å². The van der Waals surface area contributed by atoms with E-state index in [4.69, 9.17) is 5.11 Å². The molecule has 0 fully saturated rings. The zero-order valence-electron chi connectivity index (χ0n) is 10.8. The fraction of sp³-hybridized carbons (Fsp3) is 0.231. The molecular weight excluding hydrogens is 309 g/mol. The van der Waals surface area contributed by atoms with E-state index in [-0.39, 0.29) is 28.7 Å². The second kappa shape index (κ2) is 7.16. The molecule has 0 saturated heterocycles. The summed E-state index contributed by atoms with van der Waals surface area (Å²) in [5.74, 6) is -1.57. The van der Waals surface area contributed by atoms with Gasteiger partial charge in [-0.3, -0.25) is 4.79 Å². The Morgan fingerprint density at radius 1 is 1.33 bits per heavy atom. The summed E-state index contributed by atoms with van der Waals surface area (Å²) in [7, 11) is 1.26. The highest BCUT2D eigenvalue weighted by Gasteiger charge is 2.38. The first-order chi connectivity index (χ1) is 9.77. The number of benzene rings is 1. The fourth-order valence-electron chi connectivity index (χ4n) is 1.48. The summed E-state index contributed by atoms with van der Waals surface area (Å²) < 4.78 is 41.2. The van der Waals surface area contributed by atoms with E-state index in [2.05, 4.69) is 4.74 Å². The zero-order chi connectivity index (χ0) is 16.0. The molecule has 4 nitrogen and oxygen atoms in total. The lowest BCUT2D eigenvalue weighted by Crippen LogP contribution is -2.19. The van der Waals surface area contributed by atoms with Crippen LogP contribution in [-0.2, 0) is 20.1 Å². The molecule has 0 amide bonds. The summed E-state index contributed by atoms with van der Waals surface area (Å²) >= 11 is 0.0730. The Morgan fingerprint density at radius 2 is 1.95 bits per heavy atom. The third-order valence-electron chi connectivity index (χ3n) is 2.36. The maximum absolute atomic E-state index is 12.2. The standard InChI is InChI=1S/C13H11F3O4S/c1-20-6-10(11(17)18)9-5-3-2-4-8(9)7-21-12(19)13(14,15)16/h2-6H,7H2,1H3,(H,17,18). The Kier molecular flexibility index (Phi) is 5.83. The lowest BCUT2D eigenvalue weighted by atomic mass is 10.0. The van der Waals surface area contributed by atoms with Crippen molar-refractivity contribution < 1.29 is 32.6 Å². The maximum atomic E-state index is 12.2. The van der Waals surface area contributed by atoms with Gasteiger partial charge in [-0.2, -0.15) is 13.2 Å².